The van der Waals surface area contributed by atoms with Gasteiger partial charge in [0.2, 0.25) is 7.37 Å². The molecule has 0 aliphatic heterocycles. The Morgan fingerprint density at radius 3 is 2.12 bits per heavy atom. The minimum atomic E-state index is -3.30. The average molecular weight is 247 g/mol. The molecule has 0 aliphatic carbocycles. The molecule has 17 heavy (non-hydrogen) atoms. The Labute approximate surface area is 100 Å². The minimum absolute atomic E-state index is 0.443. The van der Waals surface area contributed by atoms with Crippen molar-refractivity contribution in [3.8, 4) is 11.1 Å². The van der Waals surface area contributed by atoms with E-state index in [1.54, 1.807) is 18.2 Å². The van der Waals surface area contributed by atoms with Gasteiger partial charge in [0.1, 0.15) is 0 Å². The Balaban J connectivity index is 2.69. The number of anilines is 1. The van der Waals surface area contributed by atoms with Gasteiger partial charge in [0, 0.05) is 23.2 Å². The lowest BCUT2D eigenvalue weighted by Gasteiger charge is -2.13. The Bertz CT molecular complexity index is 589. The largest absolute Gasteiger partial charge is 0.398 e. The summed E-state index contributed by atoms with van der Waals surface area (Å²) in [5.74, 6) is 0. The van der Waals surface area contributed by atoms with E-state index in [4.69, 9.17) is 5.73 Å². The van der Waals surface area contributed by atoms with Gasteiger partial charge >= 0.3 is 0 Å². The number of hydrogen-bond acceptors (Lipinski definition) is 2. The third kappa shape index (κ3) is 2.41. The van der Waals surface area contributed by atoms with Crippen molar-refractivity contribution in [3.63, 3.8) is 0 Å². The molecule has 2 aromatic rings. The highest BCUT2D eigenvalue weighted by atomic mass is 31.2. The zero-order valence-electron chi connectivity index (χ0n) is 9.50. The molecule has 0 saturated heterocycles. The maximum Gasteiger partial charge on any atom is 0.227 e. The molecule has 0 amide bonds. The van der Waals surface area contributed by atoms with Gasteiger partial charge in [-0.2, -0.15) is 0 Å². The first-order valence-corrected chi connectivity index (χ1v) is 7.35. The van der Waals surface area contributed by atoms with Gasteiger partial charge in [-0.3, -0.25) is 4.57 Å². The summed E-state index contributed by atoms with van der Waals surface area (Å²) in [5, 5.41) is 0.443. The van der Waals surface area contributed by atoms with Gasteiger partial charge in [-0.1, -0.05) is 36.4 Å². The fourth-order valence-electron chi connectivity index (χ4n) is 1.81. The van der Waals surface area contributed by atoms with E-state index in [0.29, 0.717) is 11.0 Å². The zero-order valence-corrected chi connectivity index (χ0v) is 10.4. The second-order valence-electron chi connectivity index (χ2n) is 3.98. The maximum atomic E-state index is 11.8. The zero-order chi connectivity index (χ0) is 12.5. The van der Waals surface area contributed by atoms with Gasteiger partial charge in [-0.05, 0) is 17.7 Å². The first-order valence-electron chi connectivity index (χ1n) is 5.25. The Morgan fingerprint density at radius 1 is 1.00 bits per heavy atom. The van der Waals surface area contributed by atoms with Crippen molar-refractivity contribution >= 4 is 18.4 Å². The van der Waals surface area contributed by atoms with Crippen LogP contribution in [0.4, 0.5) is 5.69 Å². The van der Waals surface area contributed by atoms with Gasteiger partial charge in [-0.15, -0.1) is 0 Å². The van der Waals surface area contributed by atoms with Crippen molar-refractivity contribution in [2.45, 2.75) is 0 Å². The lowest BCUT2D eigenvalue weighted by atomic mass is 10.0. The van der Waals surface area contributed by atoms with Gasteiger partial charge in [-0.25, -0.2) is 0 Å². The van der Waals surface area contributed by atoms with Crippen molar-refractivity contribution in [1.29, 1.82) is 0 Å². The van der Waals surface area contributed by atoms with Crippen LogP contribution in [0.25, 0.3) is 11.1 Å². The first-order chi connectivity index (χ1) is 8.00. The highest BCUT2D eigenvalue weighted by Gasteiger charge is 2.19. The lowest BCUT2D eigenvalue weighted by molar-refractivity contribution is 0.496. The van der Waals surface area contributed by atoms with E-state index in [9.17, 15) is 9.46 Å². The first kappa shape index (κ1) is 11.9. The van der Waals surface area contributed by atoms with Gasteiger partial charge in [0.15, 0.2) is 0 Å². The maximum absolute atomic E-state index is 11.8. The molecule has 4 heteroatoms. The SMILES string of the molecule is CP(=O)(O)c1ccccc1-c1ccccc1N. The molecule has 1 unspecified atom stereocenters. The summed E-state index contributed by atoms with van der Waals surface area (Å²) in [6.07, 6.45) is 0. The summed E-state index contributed by atoms with van der Waals surface area (Å²) in [6, 6.07) is 14.4. The molecule has 0 fully saturated rings. The number of benzene rings is 2. The number of nitrogen functional groups attached to an aromatic ring is 1. The van der Waals surface area contributed by atoms with Crippen LogP contribution in [0.1, 0.15) is 0 Å². The number of para-hydroxylation sites is 1. The van der Waals surface area contributed by atoms with E-state index in [0.717, 1.165) is 11.1 Å². The molecule has 0 heterocycles. The Kier molecular flexibility index (Phi) is 3.05. The van der Waals surface area contributed by atoms with Crippen molar-refractivity contribution in [3.05, 3.63) is 48.5 Å². The fraction of sp³-hybridized carbons (Fsp3) is 0.0769. The highest BCUT2D eigenvalue weighted by Crippen LogP contribution is 2.39. The van der Waals surface area contributed by atoms with E-state index >= 15 is 0 Å². The van der Waals surface area contributed by atoms with Crippen LogP contribution in [-0.2, 0) is 4.57 Å². The monoisotopic (exact) mass is 247 g/mol. The molecule has 0 aliphatic rings. The normalized spacial score (nSPS) is 14.2. The van der Waals surface area contributed by atoms with Crippen molar-refractivity contribution in [2.75, 3.05) is 12.4 Å². The Hall–Kier alpha value is -1.57. The molecule has 0 radical (unpaired) electrons. The molecule has 0 spiro atoms. The number of hydrogen-bond donors (Lipinski definition) is 2. The third-order valence-electron chi connectivity index (χ3n) is 2.60. The van der Waals surface area contributed by atoms with Crippen LogP contribution in [0.5, 0.6) is 0 Å². The molecule has 3 N–H and O–H groups in total. The quantitative estimate of drug-likeness (QED) is 0.633. The van der Waals surface area contributed by atoms with E-state index in [2.05, 4.69) is 0 Å². The van der Waals surface area contributed by atoms with Crippen LogP contribution in [0.15, 0.2) is 48.5 Å². The van der Waals surface area contributed by atoms with Crippen LogP contribution >= 0.6 is 7.37 Å². The molecular formula is C13H14NO2P. The molecule has 1 atom stereocenters. The van der Waals surface area contributed by atoms with E-state index < -0.39 is 7.37 Å². The van der Waals surface area contributed by atoms with Crippen LogP contribution in [-0.4, -0.2) is 11.6 Å². The predicted octanol–water partition coefficient (Wildman–Crippen LogP) is 2.46. The van der Waals surface area contributed by atoms with Gasteiger partial charge in [0.25, 0.3) is 0 Å². The summed E-state index contributed by atoms with van der Waals surface area (Å²) in [6.45, 7) is 1.34. The molecular weight excluding hydrogens is 233 g/mol. The summed E-state index contributed by atoms with van der Waals surface area (Å²) < 4.78 is 11.8. The molecule has 3 nitrogen and oxygen atoms in total. The topological polar surface area (TPSA) is 63.3 Å². The second kappa shape index (κ2) is 4.36. The number of rotatable bonds is 2. The minimum Gasteiger partial charge on any atom is -0.398 e. The van der Waals surface area contributed by atoms with E-state index in [-0.39, 0.29) is 0 Å². The van der Waals surface area contributed by atoms with E-state index in [1.165, 1.54) is 6.66 Å². The summed E-state index contributed by atoms with van der Waals surface area (Å²) >= 11 is 0. The lowest BCUT2D eigenvalue weighted by Crippen LogP contribution is -2.07. The standard InChI is InChI=1S/C13H14NO2P/c1-17(15,16)13-9-5-3-7-11(13)10-6-2-4-8-12(10)14/h2-9H,14H2,1H3,(H,15,16). The van der Waals surface area contributed by atoms with E-state index in [1.807, 2.05) is 30.3 Å². The average Bonchev–Trinajstić information content (AvgIpc) is 2.28. The van der Waals surface area contributed by atoms with Crippen LogP contribution in [0, 0.1) is 0 Å². The van der Waals surface area contributed by atoms with Gasteiger partial charge < -0.3 is 10.6 Å². The smallest absolute Gasteiger partial charge is 0.227 e. The molecule has 0 bridgehead atoms. The predicted molar refractivity (Wildman–Crippen MR) is 71.7 cm³/mol. The second-order valence-corrected chi connectivity index (χ2v) is 6.22. The molecule has 0 saturated carbocycles. The summed E-state index contributed by atoms with van der Waals surface area (Å²) in [5.41, 5.74) is 8.01. The summed E-state index contributed by atoms with van der Waals surface area (Å²) in [7, 11) is -3.30. The van der Waals surface area contributed by atoms with Crippen molar-refractivity contribution < 1.29 is 9.46 Å². The molecule has 2 aromatic carbocycles. The molecule has 0 aromatic heterocycles. The highest BCUT2D eigenvalue weighted by molar-refractivity contribution is 7.65. The summed E-state index contributed by atoms with van der Waals surface area (Å²) in [4.78, 5) is 9.74. The molecule has 88 valence electrons. The van der Waals surface area contributed by atoms with Crippen molar-refractivity contribution in [1.82, 2.24) is 0 Å². The number of nitrogens with two attached hydrogens (primary N) is 1. The van der Waals surface area contributed by atoms with Crippen LogP contribution < -0.4 is 11.0 Å². The molecule has 2 rings (SSSR count). The van der Waals surface area contributed by atoms with Crippen LogP contribution in [0.3, 0.4) is 0 Å². The third-order valence-corrected chi connectivity index (χ3v) is 3.89. The fourth-order valence-corrected chi connectivity index (χ4v) is 2.81. The van der Waals surface area contributed by atoms with Gasteiger partial charge in [0.05, 0.1) is 0 Å². The van der Waals surface area contributed by atoms with Crippen LogP contribution in [0.2, 0.25) is 0 Å². The Morgan fingerprint density at radius 2 is 1.53 bits per heavy atom. The van der Waals surface area contributed by atoms with Crippen molar-refractivity contribution in [2.24, 2.45) is 0 Å².